The Bertz CT molecular complexity index is 621. The van der Waals surface area contributed by atoms with Gasteiger partial charge in [0.1, 0.15) is 0 Å². The molecule has 0 radical (unpaired) electrons. The molecule has 0 aliphatic carbocycles. The number of nitrogens with two attached hydrogens (primary N) is 1. The van der Waals surface area contributed by atoms with E-state index in [9.17, 15) is 0 Å². The van der Waals surface area contributed by atoms with Gasteiger partial charge in [-0.2, -0.15) is 9.97 Å². The number of aromatic nitrogens is 3. The van der Waals surface area contributed by atoms with Crippen LogP contribution < -0.4 is 25.5 Å². The zero-order chi connectivity index (χ0) is 15.2. The fourth-order valence-corrected chi connectivity index (χ4v) is 1.60. The molecule has 0 atom stereocenters. The first-order valence-corrected chi connectivity index (χ1v) is 6.34. The molecule has 8 nitrogen and oxygen atoms in total. The summed E-state index contributed by atoms with van der Waals surface area (Å²) in [6.07, 6.45) is 0. The molecule has 1 aromatic carbocycles. The highest BCUT2D eigenvalue weighted by atomic mass is 16.5. The number of hydrogen-bond acceptors (Lipinski definition) is 8. The summed E-state index contributed by atoms with van der Waals surface area (Å²) in [6, 6.07) is 5.70. The number of aryl methyl sites for hydroxylation is 1. The number of rotatable bonds is 6. The highest BCUT2D eigenvalue weighted by Crippen LogP contribution is 2.31. The molecule has 1 heterocycles. The van der Waals surface area contributed by atoms with E-state index in [0.29, 0.717) is 18.1 Å². The normalized spacial score (nSPS) is 10.1. The number of ether oxygens (including phenoxy) is 3. The third-order valence-electron chi connectivity index (χ3n) is 2.52. The molecule has 2 rings (SSSR count). The first kappa shape index (κ1) is 14.8. The first-order valence-electron chi connectivity index (χ1n) is 6.34. The monoisotopic (exact) mass is 291 g/mol. The lowest BCUT2D eigenvalue weighted by atomic mass is 10.2. The molecule has 0 saturated heterocycles. The first-order chi connectivity index (χ1) is 10.2. The summed E-state index contributed by atoms with van der Waals surface area (Å²) in [6.45, 7) is 4.20. The lowest BCUT2D eigenvalue weighted by molar-refractivity contribution is 0.301. The van der Waals surface area contributed by atoms with Crippen molar-refractivity contribution in [1.82, 2.24) is 15.0 Å². The summed E-state index contributed by atoms with van der Waals surface area (Å²) in [4.78, 5) is 12.0. The Hall–Kier alpha value is -2.61. The Morgan fingerprint density at radius 2 is 1.90 bits per heavy atom. The Morgan fingerprint density at radius 3 is 2.57 bits per heavy atom. The smallest absolute Gasteiger partial charge is 0.330 e. The Morgan fingerprint density at radius 1 is 1.14 bits per heavy atom. The average Bonchev–Trinajstić information content (AvgIpc) is 2.49. The predicted molar refractivity (Wildman–Crippen MR) is 76.6 cm³/mol. The van der Waals surface area contributed by atoms with Crippen molar-refractivity contribution < 1.29 is 14.2 Å². The zero-order valence-corrected chi connectivity index (χ0v) is 12.1. The quantitative estimate of drug-likeness (QED) is 0.611. The number of nitrogens with zero attached hydrogens (tertiary/aromatic N) is 3. The van der Waals surface area contributed by atoms with Gasteiger partial charge in [-0.05, 0) is 31.5 Å². The van der Waals surface area contributed by atoms with Crippen LogP contribution in [0, 0.1) is 6.92 Å². The minimum atomic E-state index is 0.0588. The van der Waals surface area contributed by atoms with Crippen LogP contribution in [-0.2, 0) is 0 Å². The summed E-state index contributed by atoms with van der Waals surface area (Å²) in [7, 11) is 1.56. The fourth-order valence-electron chi connectivity index (χ4n) is 1.60. The van der Waals surface area contributed by atoms with Crippen molar-refractivity contribution in [1.29, 1.82) is 0 Å². The molecule has 0 spiro atoms. The van der Waals surface area contributed by atoms with E-state index in [-0.39, 0.29) is 18.0 Å². The van der Waals surface area contributed by atoms with Crippen molar-refractivity contribution in [2.24, 2.45) is 5.84 Å². The van der Waals surface area contributed by atoms with Crippen molar-refractivity contribution in [3.05, 3.63) is 23.8 Å². The number of hydrogen-bond donors (Lipinski definition) is 2. The molecular formula is C13H17N5O3. The van der Waals surface area contributed by atoms with Crippen LogP contribution in [0.4, 0.5) is 5.95 Å². The van der Waals surface area contributed by atoms with Gasteiger partial charge in [-0.25, -0.2) is 5.84 Å². The van der Waals surface area contributed by atoms with Gasteiger partial charge < -0.3 is 14.2 Å². The maximum atomic E-state index is 5.62. The second-order valence-corrected chi connectivity index (χ2v) is 4.06. The molecule has 8 heteroatoms. The Labute approximate surface area is 122 Å². The number of benzene rings is 1. The number of methoxy groups -OCH3 is 1. The van der Waals surface area contributed by atoms with Crippen LogP contribution >= 0.6 is 0 Å². The van der Waals surface area contributed by atoms with E-state index in [4.69, 9.17) is 20.1 Å². The van der Waals surface area contributed by atoms with Crippen LogP contribution in [0.1, 0.15) is 12.5 Å². The summed E-state index contributed by atoms with van der Waals surface area (Å²) in [5.41, 5.74) is 3.39. The van der Waals surface area contributed by atoms with E-state index in [1.165, 1.54) is 0 Å². The van der Waals surface area contributed by atoms with Gasteiger partial charge in [-0.15, -0.1) is 4.98 Å². The van der Waals surface area contributed by atoms with E-state index in [1.54, 1.807) is 13.2 Å². The topological polar surface area (TPSA) is 104 Å². The van der Waals surface area contributed by atoms with Gasteiger partial charge >= 0.3 is 12.0 Å². The van der Waals surface area contributed by atoms with Crippen LogP contribution in [0.25, 0.3) is 0 Å². The van der Waals surface area contributed by atoms with E-state index in [0.717, 1.165) is 5.56 Å². The van der Waals surface area contributed by atoms with Gasteiger partial charge in [-0.3, -0.25) is 5.43 Å². The van der Waals surface area contributed by atoms with Crippen LogP contribution in [0.5, 0.6) is 23.5 Å². The molecule has 2 aromatic rings. The van der Waals surface area contributed by atoms with E-state index in [1.807, 2.05) is 26.0 Å². The highest BCUT2D eigenvalue weighted by molar-refractivity contribution is 5.44. The van der Waals surface area contributed by atoms with Crippen molar-refractivity contribution in [3.8, 4) is 23.5 Å². The zero-order valence-electron chi connectivity index (χ0n) is 12.1. The lowest BCUT2D eigenvalue weighted by Crippen LogP contribution is -2.12. The lowest BCUT2D eigenvalue weighted by Gasteiger charge is -2.11. The van der Waals surface area contributed by atoms with E-state index in [2.05, 4.69) is 20.4 Å². The van der Waals surface area contributed by atoms with Gasteiger partial charge in [0.2, 0.25) is 5.95 Å². The SMILES string of the molecule is CCOc1nc(NN)nc(Oc2ccc(C)cc2OC)n1. The van der Waals surface area contributed by atoms with Crippen molar-refractivity contribution in [2.45, 2.75) is 13.8 Å². The molecule has 112 valence electrons. The number of anilines is 1. The summed E-state index contributed by atoms with van der Waals surface area (Å²) in [5, 5.41) is 0. The van der Waals surface area contributed by atoms with E-state index < -0.39 is 0 Å². The fraction of sp³-hybridized carbons (Fsp3) is 0.308. The number of nitrogens with one attached hydrogen (secondary N) is 1. The van der Waals surface area contributed by atoms with Crippen LogP contribution in [-0.4, -0.2) is 28.7 Å². The second-order valence-electron chi connectivity index (χ2n) is 4.06. The number of nitrogen functional groups attached to an aromatic ring is 1. The third-order valence-corrected chi connectivity index (χ3v) is 2.52. The van der Waals surface area contributed by atoms with Crippen LogP contribution in [0.2, 0.25) is 0 Å². The average molecular weight is 291 g/mol. The molecule has 0 unspecified atom stereocenters. The second kappa shape index (κ2) is 6.71. The minimum absolute atomic E-state index is 0.0588. The van der Waals surface area contributed by atoms with Gasteiger partial charge in [0.15, 0.2) is 11.5 Å². The predicted octanol–water partition coefficient (Wildman–Crippen LogP) is 1.67. The molecule has 0 aliphatic rings. The molecule has 0 aliphatic heterocycles. The summed E-state index contributed by atoms with van der Waals surface area (Å²) in [5.74, 6) is 6.53. The highest BCUT2D eigenvalue weighted by Gasteiger charge is 2.11. The third kappa shape index (κ3) is 3.69. The largest absolute Gasteiger partial charge is 0.493 e. The molecule has 0 amide bonds. The van der Waals surface area contributed by atoms with Gasteiger partial charge in [0, 0.05) is 0 Å². The van der Waals surface area contributed by atoms with Gasteiger partial charge in [0.25, 0.3) is 0 Å². The maximum absolute atomic E-state index is 5.62. The van der Waals surface area contributed by atoms with Gasteiger partial charge in [0.05, 0.1) is 13.7 Å². The van der Waals surface area contributed by atoms with Crippen LogP contribution in [0.15, 0.2) is 18.2 Å². The van der Waals surface area contributed by atoms with E-state index >= 15 is 0 Å². The Balaban J connectivity index is 2.32. The molecule has 1 aromatic heterocycles. The standard InChI is InChI=1S/C13H17N5O3/c1-4-20-12-15-11(18-14)16-13(17-12)21-9-6-5-8(2)7-10(9)19-3/h5-7H,4,14H2,1-3H3,(H,15,16,17,18). The van der Waals surface area contributed by atoms with Crippen molar-refractivity contribution in [3.63, 3.8) is 0 Å². The van der Waals surface area contributed by atoms with Crippen molar-refractivity contribution >= 4 is 5.95 Å². The molecule has 3 N–H and O–H groups in total. The molecule has 0 fully saturated rings. The summed E-state index contributed by atoms with van der Waals surface area (Å²) >= 11 is 0. The Kier molecular flexibility index (Phi) is 4.72. The minimum Gasteiger partial charge on any atom is -0.493 e. The van der Waals surface area contributed by atoms with Gasteiger partial charge in [-0.1, -0.05) is 6.07 Å². The molecule has 0 saturated carbocycles. The summed E-state index contributed by atoms with van der Waals surface area (Å²) < 4.78 is 16.1. The molecular weight excluding hydrogens is 274 g/mol. The molecule has 0 bridgehead atoms. The maximum Gasteiger partial charge on any atom is 0.330 e. The number of hydrazine groups is 1. The van der Waals surface area contributed by atoms with Crippen molar-refractivity contribution in [2.75, 3.05) is 19.1 Å². The molecule has 21 heavy (non-hydrogen) atoms. The van der Waals surface area contributed by atoms with Crippen LogP contribution in [0.3, 0.4) is 0 Å².